The molecule has 2 aromatic rings. The molecule has 20 heavy (non-hydrogen) atoms. The first-order valence-electron chi connectivity index (χ1n) is 6.85. The van der Waals surface area contributed by atoms with E-state index in [1.165, 1.54) is 0 Å². The zero-order chi connectivity index (χ0) is 14.4. The summed E-state index contributed by atoms with van der Waals surface area (Å²) in [5.74, 6) is 0.891. The van der Waals surface area contributed by atoms with Crippen LogP contribution in [0.1, 0.15) is 12.0 Å². The molecule has 0 radical (unpaired) electrons. The van der Waals surface area contributed by atoms with Crippen LogP contribution in [0.15, 0.2) is 42.7 Å². The Hall–Kier alpha value is -1.78. The van der Waals surface area contributed by atoms with Crippen molar-refractivity contribution >= 4 is 0 Å². The summed E-state index contributed by atoms with van der Waals surface area (Å²) in [6, 6.07) is 9.89. The van der Waals surface area contributed by atoms with E-state index in [0.29, 0.717) is 0 Å². The minimum atomic E-state index is 0.0695. The van der Waals surface area contributed by atoms with Crippen LogP contribution in [0.5, 0.6) is 5.75 Å². The summed E-state index contributed by atoms with van der Waals surface area (Å²) in [4.78, 5) is 2.15. The maximum Gasteiger partial charge on any atom is 0.119 e. The molecule has 0 saturated heterocycles. The predicted octanol–water partition coefficient (Wildman–Crippen LogP) is 2.30. The second-order valence-corrected chi connectivity index (χ2v) is 5.08. The summed E-state index contributed by atoms with van der Waals surface area (Å²) in [5.41, 5.74) is 1.97. The zero-order valence-corrected chi connectivity index (χ0v) is 12.1. The highest BCUT2D eigenvalue weighted by Gasteiger charge is 2.00. The van der Waals surface area contributed by atoms with E-state index in [1.54, 1.807) is 0 Å². The van der Waals surface area contributed by atoms with Crippen molar-refractivity contribution in [1.82, 2.24) is 9.47 Å². The van der Waals surface area contributed by atoms with Crippen molar-refractivity contribution in [3.8, 4) is 11.4 Å². The van der Waals surface area contributed by atoms with Crippen LogP contribution >= 0.6 is 0 Å². The first-order chi connectivity index (χ1) is 9.69. The number of aromatic nitrogens is 1. The third kappa shape index (κ3) is 4.11. The Bertz CT molecular complexity index is 518. The van der Waals surface area contributed by atoms with Crippen molar-refractivity contribution in [2.45, 2.75) is 13.0 Å². The van der Waals surface area contributed by atoms with Gasteiger partial charge in [0.05, 0.1) is 13.2 Å². The lowest BCUT2D eigenvalue weighted by atomic mass is 10.3. The highest BCUT2D eigenvalue weighted by Crippen LogP contribution is 2.16. The summed E-state index contributed by atoms with van der Waals surface area (Å²) < 4.78 is 7.69. The van der Waals surface area contributed by atoms with E-state index in [2.05, 4.69) is 19.0 Å². The number of ether oxygens (including phenoxy) is 1. The van der Waals surface area contributed by atoms with Crippen LogP contribution in [0.2, 0.25) is 0 Å². The zero-order valence-electron chi connectivity index (χ0n) is 12.1. The molecule has 0 aliphatic carbocycles. The minimum absolute atomic E-state index is 0.0695. The van der Waals surface area contributed by atoms with Gasteiger partial charge >= 0.3 is 0 Å². The number of hydrogen-bond donors (Lipinski definition) is 1. The molecule has 108 valence electrons. The summed E-state index contributed by atoms with van der Waals surface area (Å²) in [6.45, 7) is 1.83. The molecule has 0 fully saturated rings. The van der Waals surface area contributed by atoms with E-state index in [4.69, 9.17) is 9.84 Å². The van der Waals surface area contributed by atoms with Crippen molar-refractivity contribution in [2.24, 2.45) is 0 Å². The molecular formula is C16H22N2O2. The fourth-order valence-corrected chi connectivity index (χ4v) is 1.98. The third-order valence-corrected chi connectivity index (χ3v) is 3.09. The molecule has 1 heterocycles. The van der Waals surface area contributed by atoms with Gasteiger partial charge in [-0.2, -0.15) is 0 Å². The number of hydrogen-bond acceptors (Lipinski definition) is 3. The monoisotopic (exact) mass is 274 g/mol. The molecule has 0 aliphatic rings. The SMILES string of the molecule is CN(C)CCCOc1ccc(-n2ccc(CO)c2)cc1. The first-order valence-corrected chi connectivity index (χ1v) is 6.85. The fraction of sp³-hybridized carbons (Fsp3) is 0.375. The van der Waals surface area contributed by atoms with Gasteiger partial charge in [-0.25, -0.2) is 0 Å². The van der Waals surface area contributed by atoms with Crippen LogP contribution in [-0.2, 0) is 6.61 Å². The van der Waals surface area contributed by atoms with Gasteiger partial charge in [0, 0.05) is 24.6 Å². The predicted molar refractivity (Wildman–Crippen MR) is 80.4 cm³/mol. The lowest BCUT2D eigenvalue weighted by molar-refractivity contribution is 0.281. The van der Waals surface area contributed by atoms with Gasteiger partial charge in [-0.3, -0.25) is 0 Å². The van der Waals surface area contributed by atoms with Gasteiger partial charge in [-0.05, 0) is 56.4 Å². The smallest absolute Gasteiger partial charge is 0.119 e. The average molecular weight is 274 g/mol. The van der Waals surface area contributed by atoms with E-state index in [1.807, 2.05) is 47.3 Å². The molecule has 2 rings (SSSR count). The maximum absolute atomic E-state index is 9.06. The third-order valence-electron chi connectivity index (χ3n) is 3.09. The number of aliphatic hydroxyl groups is 1. The van der Waals surface area contributed by atoms with Crippen LogP contribution in [0.25, 0.3) is 5.69 Å². The van der Waals surface area contributed by atoms with Crippen molar-refractivity contribution in [1.29, 1.82) is 0 Å². The van der Waals surface area contributed by atoms with E-state index in [-0.39, 0.29) is 6.61 Å². The molecule has 4 nitrogen and oxygen atoms in total. The first kappa shape index (κ1) is 14.6. The van der Waals surface area contributed by atoms with Gasteiger partial charge in [0.2, 0.25) is 0 Å². The van der Waals surface area contributed by atoms with Gasteiger partial charge in [-0.1, -0.05) is 0 Å². The summed E-state index contributed by atoms with van der Waals surface area (Å²) >= 11 is 0. The Morgan fingerprint density at radius 2 is 1.90 bits per heavy atom. The van der Waals surface area contributed by atoms with E-state index in [0.717, 1.165) is 36.6 Å². The topological polar surface area (TPSA) is 37.6 Å². The number of nitrogens with zero attached hydrogens (tertiary/aromatic N) is 2. The van der Waals surface area contributed by atoms with Crippen molar-refractivity contribution in [2.75, 3.05) is 27.2 Å². The molecule has 1 aromatic carbocycles. The Morgan fingerprint density at radius 3 is 2.50 bits per heavy atom. The van der Waals surface area contributed by atoms with Gasteiger partial charge < -0.3 is 19.3 Å². The van der Waals surface area contributed by atoms with Gasteiger partial charge in [0.15, 0.2) is 0 Å². The van der Waals surface area contributed by atoms with Crippen molar-refractivity contribution in [3.63, 3.8) is 0 Å². The number of rotatable bonds is 7. The van der Waals surface area contributed by atoms with E-state index >= 15 is 0 Å². The second kappa shape index (κ2) is 7.12. The summed E-state index contributed by atoms with van der Waals surface area (Å²) in [7, 11) is 4.12. The number of aliphatic hydroxyl groups excluding tert-OH is 1. The Balaban J connectivity index is 1.89. The minimum Gasteiger partial charge on any atom is -0.494 e. The van der Waals surface area contributed by atoms with Gasteiger partial charge in [-0.15, -0.1) is 0 Å². The molecule has 0 bridgehead atoms. The highest BCUT2D eigenvalue weighted by molar-refractivity contribution is 5.38. The molecule has 0 amide bonds. The van der Waals surface area contributed by atoms with E-state index in [9.17, 15) is 0 Å². The molecule has 0 atom stereocenters. The second-order valence-electron chi connectivity index (χ2n) is 5.08. The van der Waals surface area contributed by atoms with Gasteiger partial charge in [0.25, 0.3) is 0 Å². The lowest BCUT2D eigenvalue weighted by Crippen LogP contribution is -2.15. The molecular weight excluding hydrogens is 252 g/mol. The molecule has 1 aromatic heterocycles. The molecule has 1 N–H and O–H groups in total. The van der Waals surface area contributed by atoms with E-state index < -0.39 is 0 Å². The Morgan fingerprint density at radius 1 is 1.15 bits per heavy atom. The Kier molecular flexibility index (Phi) is 5.21. The van der Waals surface area contributed by atoms with Crippen molar-refractivity contribution < 1.29 is 9.84 Å². The molecule has 4 heteroatoms. The molecule has 0 unspecified atom stereocenters. The van der Waals surface area contributed by atoms with Gasteiger partial charge in [0.1, 0.15) is 5.75 Å². The highest BCUT2D eigenvalue weighted by atomic mass is 16.5. The normalized spacial score (nSPS) is 11.0. The standard InChI is InChI=1S/C16H22N2O2/c1-17(2)9-3-11-20-16-6-4-15(5-7-16)18-10-8-14(12-18)13-19/h4-8,10,12,19H,3,9,11,13H2,1-2H3. The fourth-order valence-electron chi connectivity index (χ4n) is 1.98. The quantitative estimate of drug-likeness (QED) is 0.787. The van der Waals surface area contributed by atoms with Crippen LogP contribution in [-0.4, -0.2) is 41.8 Å². The molecule has 0 aliphatic heterocycles. The van der Waals surface area contributed by atoms with Crippen molar-refractivity contribution in [3.05, 3.63) is 48.3 Å². The summed E-state index contributed by atoms with van der Waals surface area (Å²) in [5, 5.41) is 9.06. The van der Waals surface area contributed by atoms with Crippen LogP contribution in [0, 0.1) is 0 Å². The lowest BCUT2D eigenvalue weighted by Gasteiger charge is -2.11. The average Bonchev–Trinajstić information content (AvgIpc) is 2.93. The Labute approximate surface area is 120 Å². The number of benzene rings is 1. The molecule has 0 saturated carbocycles. The molecule has 0 spiro atoms. The van der Waals surface area contributed by atoms with Crippen LogP contribution < -0.4 is 4.74 Å². The maximum atomic E-state index is 9.06. The summed E-state index contributed by atoms with van der Waals surface area (Å²) in [6.07, 6.45) is 4.89. The van der Waals surface area contributed by atoms with Crippen LogP contribution in [0.4, 0.5) is 0 Å². The van der Waals surface area contributed by atoms with Crippen LogP contribution in [0.3, 0.4) is 0 Å². The largest absolute Gasteiger partial charge is 0.494 e.